The lowest BCUT2D eigenvalue weighted by Gasteiger charge is -2.42. The van der Waals surface area contributed by atoms with Crippen molar-refractivity contribution in [2.45, 2.75) is 75.2 Å². The third-order valence-electron chi connectivity index (χ3n) is 5.27. The molecule has 20 heavy (non-hydrogen) atoms. The highest BCUT2D eigenvalue weighted by Gasteiger charge is 2.45. The van der Waals surface area contributed by atoms with Crippen molar-refractivity contribution in [3.05, 3.63) is 0 Å². The molecule has 2 saturated carbocycles. The monoisotopic (exact) mass is 303 g/mol. The molecule has 0 radical (unpaired) electrons. The summed E-state index contributed by atoms with van der Waals surface area (Å²) in [4.78, 5) is 0. The van der Waals surface area contributed by atoms with Crippen LogP contribution in [0.1, 0.15) is 58.3 Å². The molecular formula is C15H29NO3S. The molecule has 2 rings (SSSR count). The maximum absolute atomic E-state index is 11.8. The molecule has 0 amide bonds. The van der Waals surface area contributed by atoms with E-state index in [9.17, 15) is 8.42 Å². The first-order valence-electron chi connectivity index (χ1n) is 7.97. The van der Waals surface area contributed by atoms with Crippen LogP contribution in [0.5, 0.6) is 0 Å². The Labute approximate surface area is 123 Å². The first-order valence-corrected chi connectivity index (χ1v) is 9.93. The summed E-state index contributed by atoms with van der Waals surface area (Å²) < 4.78 is 29.7. The molecule has 3 unspecified atom stereocenters. The van der Waals surface area contributed by atoms with Crippen molar-refractivity contribution < 1.29 is 13.2 Å². The zero-order valence-corrected chi connectivity index (χ0v) is 13.6. The fourth-order valence-corrected chi connectivity index (χ4v) is 5.35. The highest BCUT2D eigenvalue weighted by molar-refractivity contribution is 7.91. The molecule has 3 atom stereocenters. The third-order valence-corrected chi connectivity index (χ3v) is 6.91. The average Bonchev–Trinajstić information content (AvgIpc) is 2.87. The van der Waals surface area contributed by atoms with E-state index in [1.165, 1.54) is 19.1 Å². The van der Waals surface area contributed by atoms with Gasteiger partial charge < -0.3 is 10.5 Å². The average molecular weight is 303 g/mol. The minimum absolute atomic E-state index is 0.0190. The van der Waals surface area contributed by atoms with Gasteiger partial charge >= 0.3 is 0 Å². The predicted molar refractivity (Wildman–Crippen MR) is 81.4 cm³/mol. The smallest absolute Gasteiger partial charge is 0.150 e. The van der Waals surface area contributed by atoms with Crippen molar-refractivity contribution in [1.82, 2.24) is 0 Å². The Bertz CT molecular complexity index is 415. The molecule has 118 valence electrons. The number of rotatable bonds is 5. The Morgan fingerprint density at radius 3 is 2.45 bits per heavy atom. The first kappa shape index (κ1) is 16.2. The van der Waals surface area contributed by atoms with Crippen LogP contribution in [-0.4, -0.2) is 38.2 Å². The number of ether oxygens (including phenoxy) is 1. The fraction of sp³-hybridized carbons (Fsp3) is 1.00. The normalized spacial score (nSPS) is 32.1. The van der Waals surface area contributed by atoms with Gasteiger partial charge in [0.1, 0.15) is 9.84 Å². The van der Waals surface area contributed by atoms with Crippen molar-refractivity contribution in [2.24, 2.45) is 11.7 Å². The predicted octanol–water partition coefficient (Wildman–Crippen LogP) is 2.27. The van der Waals surface area contributed by atoms with Gasteiger partial charge in [0.15, 0.2) is 0 Å². The van der Waals surface area contributed by atoms with Crippen LogP contribution in [0.4, 0.5) is 0 Å². The zero-order valence-electron chi connectivity index (χ0n) is 12.8. The lowest BCUT2D eigenvalue weighted by atomic mass is 9.76. The molecule has 2 fully saturated rings. The molecular weight excluding hydrogens is 274 g/mol. The molecule has 2 aliphatic carbocycles. The van der Waals surface area contributed by atoms with E-state index in [0.717, 1.165) is 38.5 Å². The molecule has 0 aromatic carbocycles. The van der Waals surface area contributed by atoms with Gasteiger partial charge in [-0.2, -0.15) is 0 Å². The SMILES string of the molecule is CCOC1(C(N)C2CCCC(S(C)(=O)=O)C2)CCCC1. The summed E-state index contributed by atoms with van der Waals surface area (Å²) in [6, 6.07) is -0.0190. The van der Waals surface area contributed by atoms with Crippen molar-refractivity contribution in [3.63, 3.8) is 0 Å². The highest BCUT2D eigenvalue weighted by Crippen LogP contribution is 2.41. The third kappa shape index (κ3) is 3.37. The highest BCUT2D eigenvalue weighted by atomic mass is 32.2. The molecule has 5 heteroatoms. The van der Waals surface area contributed by atoms with E-state index in [2.05, 4.69) is 0 Å². The van der Waals surface area contributed by atoms with Crippen LogP contribution in [0.25, 0.3) is 0 Å². The molecule has 0 saturated heterocycles. The minimum atomic E-state index is -2.94. The Kier molecular flexibility index (Phi) is 5.14. The van der Waals surface area contributed by atoms with E-state index in [1.807, 2.05) is 6.92 Å². The molecule has 0 aromatic heterocycles. The second kappa shape index (κ2) is 6.32. The van der Waals surface area contributed by atoms with E-state index in [1.54, 1.807) is 0 Å². The maximum atomic E-state index is 11.8. The second-order valence-corrected chi connectivity index (χ2v) is 8.93. The van der Waals surface area contributed by atoms with Gasteiger partial charge in [0.25, 0.3) is 0 Å². The van der Waals surface area contributed by atoms with E-state index in [-0.39, 0.29) is 22.8 Å². The summed E-state index contributed by atoms with van der Waals surface area (Å²) in [6.45, 7) is 2.71. The van der Waals surface area contributed by atoms with Crippen LogP contribution in [0.2, 0.25) is 0 Å². The summed E-state index contributed by atoms with van der Waals surface area (Å²) in [6.07, 6.45) is 9.30. The Hall–Kier alpha value is -0.130. The second-order valence-electron chi connectivity index (χ2n) is 6.61. The van der Waals surface area contributed by atoms with Gasteiger partial charge in [0.2, 0.25) is 0 Å². The number of nitrogens with two attached hydrogens (primary N) is 1. The van der Waals surface area contributed by atoms with Gasteiger partial charge in [-0.25, -0.2) is 8.42 Å². The van der Waals surface area contributed by atoms with Crippen molar-refractivity contribution >= 4 is 9.84 Å². The van der Waals surface area contributed by atoms with Gasteiger partial charge in [-0.1, -0.05) is 19.3 Å². The minimum Gasteiger partial charge on any atom is -0.374 e. The lowest BCUT2D eigenvalue weighted by molar-refractivity contribution is -0.0685. The van der Waals surface area contributed by atoms with Gasteiger partial charge in [-0.15, -0.1) is 0 Å². The quantitative estimate of drug-likeness (QED) is 0.846. The van der Waals surface area contributed by atoms with E-state index >= 15 is 0 Å². The summed E-state index contributed by atoms with van der Waals surface area (Å²) in [5.74, 6) is 0.285. The van der Waals surface area contributed by atoms with E-state index < -0.39 is 9.84 Å². The molecule has 2 N–H and O–H groups in total. The first-order chi connectivity index (χ1) is 9.39. The Morgan fingerprint density at radius 2 is 1.90 bits per heavy atom. The molecule has 2 aliphatic rings. The Balaban J connectivity index is 2.09. The van der Waals surface area contributed by atoms with Crippen LogP contribution in [0.3, 0.4) is 0 Å². The van der Waals surface area contributed by atoms with Gasteiger partial charge in [-0.05, 0) is 44.9 Å². The zero-order chi connectivity index (χ0) is 14.8. The topological polar surface area (TPSA) is 69.4 Å². The van der Waals surface area contributed by atoms with Crippen molar-refractivity contribution in [2.75, 3.05) is 12.9 Å². The molecule has 0 aliphatic heterocycles. The number of hydrogen-bond acceptors (Lipinski definition) is 4. The molecule has 0 bridgehead atoms. The van der Waals surface area contributed by atoms with Crippen molar-refractivity contribution in [3.8, 4) is 0 Å². The standard InChI is InChI=1S/C15H29NO3S/c1-3-19-15(9-4-5-10-15)14(16)12-7-6-8-13(11-12)20(2,17)18/h12-14H,3-11,16H2,1-2H3. The Morgan fingerprint density at radius 1 is 1.25 bits per heavy atom. The van der Waals surface area contributed by atoms with Crippen molar-refractivity contribution in [1.29, 1.82) is 0 Å². The lowest BCUT2D eigenvalue weighted by Crippen LogP contribution is -2.54. The largest absolute Gasteiger partial charge is 0.374 e. The number of hydrogen-bond donors (Lipinski definition) is 1. The summed E-state index contributed by atoms with van der Waals surface area (Å²) >= 11 is 0. The van der Waals surface area contributed by atoms with Crippen LogP contribution in [0, 0.1) is 5.92 Å². The summed E-state index contributed by atoms with van der Waals surface area (Å²) in [5, 5.41) is -0.202. The molecule has 0 heterocycles. The maximum Gasteiger partial charge on any atom is 0.150 e. The molecule has 0 spiro atoms. The van der Waals surface area contributed by atoms with E-state index in [0.29, 0.717) is 6.61 Å². The van der Waals surface area contributed by atoms with Crippen LogP contribution in [-0.2, 0) is 14.6 Å². The fourth-order valence-electron chi connectivity index (χ4n) is 4.16. The summed E-state index contributed by atoms with van der Waals surface area (Å²) in [5.41, 5.74) is 6.36. The molecule has 0 aromatic rings. The van der Waals surface area contributed by atoms with Gasteiger partial charge in [-0.3, -0.25) is 0 Å². The van der Waals surface area contributed by atoms with E-state index in [4.69, 9.17) is 10.5 Å². The van der Waals surface area contributed by atoms with Crippen LogP contribution in [0.15, 0.2) is 0 Å². The van der Waals surface area contributed by atoms with Crippen LogP contribution < -0.4 is 5.73 Å². The van der Waals surface area contributed by atoms with Crippen LogP contribution >= 0.6 is 0 Å². The number of sulfone groups is 1. The summed E-state index contributed by atoms with van der Waals surface area (Å²) in [7, 11) is -2.94. The van der Waals surface area contributed by atoms with Gasteiger partial charge in [0.05, 0.1) is 10.9 Å². The molecule has 4 nitrogen and oxygen atoms in total. The van der Waals surface area contributed by atoms with Gasteiger partial charge in [0, 0.05) is 18.9 Å².